The number of nitrogens with zero attached hydrogens (tertiary/aromatic N) is 3. The van der Waals surface area contributed by atoms with Gasteiger partial charge in [0.1, 0.15) is 5.69 Å². The van der Waals surface area contributed by atoms with Gasteiger partial charge in [-0.25, -0.2) is 4.98 Å². The molecular formula is C16H16F3N3O. The molecule has 2 aromatic rings. The van der Waals surface area contributed by atoms with Crippen LogP contribution >= 0.6 is 0 Å². The fourth-order valence-corrected chi connectivity index (χ4v) is 2.84. The summed E-state index contributed by atoms with van der Waals surface area (Å²) >= 11 is 0. The molecule has 1 saturated heterocycles. The van der Waals surface area contributed by atoms with Crippen molar-refractivity contribution in [1.82, 2.24) is 14.5 Å². The van der Waals surface area contributed by atoms with Crippen LogP contribution in [-0.2, 0) is 0 Å². The second-order valence-corrected chi connectivity index (χ2v) is 5.62. The first-order valence-electron chi connectivity index (χ1n) is 7.40. The van der Waals surface area contributed by atoms with Gasteiger partial charge >= 0.3 is 6.18 Å². The van der Waals surface area contributed by atoms with Gasteiger partial charge in [-0.1, -0.05) is 18.2 Å². The SMILES string of the molecule is O=C(c1cncn1-c1ccccc1)N1CCC[C@@H](C(F)(F)F)C1. The summed E-state index contributed by atoms with van der Waals surface area (Å²) in [5.74, 6) is -1.87. The van der Waals surface area contributed by atoms with Crippen LogP contribution in [0.2, 0.25) is 0 Å². The molecule has 7 heteroatoms. The van der Waals surface area contributed by atoms with Gasteiger partial charge in [0.2, 0.25) is 0 Å². The summed E-state index contributed by atoms with van der Waals surface area (Å²) in [7, 11) is 0. The van der Waals surface area contributed by atoms with Crippen molar-refractivity contribution in [3.63, 3.8) is 0 Å². The minimum absolute atomic E-state index is 0.0746. The van der Waals surface area contributed by atoms with Crippen LogP contribution in [0, 0.1) is 5.92 Å². The van der Waals surface area contributed by atoms with E-state index in [1.54, 1.807) is 4.57 Å². The van der Waals surface area contributed by atoms with Gasteiger partial charge < -0.3 is 4.90 Å². The Balaban J connectivity index is 1.83. The Morgan fingerprint density at radius 1 is 1.22 bits per heavy atom. The highest BCUT2D eigenvalue weighted by atomic mass is 19.4. The summed E-state index contributed by atoms with van der Waals surface area (Å²) in [6, 6.07) is 9.12. The second kappa shape index (κ2) is 6.06. The smallest absolute Gasteiger partial charge is 0.337 e. The van der Waals surface area contributed by atoms with Crippen LogP contribution in [0.1, 0.15) is 23.3 Å². The Morgan fingerprint density at radius 2 is 1.96 bits per heavy atom. The van der Waals surface area contributed by atoms with Crippen molar-refractivity contribution < 1.29 is 18.0 Å². The summed E-state index contributed by atoms with van der Waals surface area (Å²) in [5.41, 5.74) is 1.02. The topological polar surface area (TPSA) is 38.1 Å². The monoisotopic (exact) mass is 323 g/mol. The molecule has 4 nitrogen and oxygen atoms in total. The minimum atomic E-state index is -4.27. The lowest BCUT2D eigenvalue weighted by Gasteiger charge is -2.33. The maximum Gasteiger partial charge on any atom is 0.393 e. The molecule has 0 radical (unpaired) electrons. The summed E-state index contributed by atoms with van der Waals surface area (Å²) in [6.07, 6.45) is -0.945. The third kappa shape index (κ3) is 3.23. The molecule has 0 spiro atoms. The van der Waals surface area contributed by atoms with Crippen LogP contribution in [0.25, 0.3) is 5.69 Å². The quantitative estimate of drug-likeness (QED) is 0.850. The summed E-state index contributed by atoms with van der Waals surface area (Å²) in [4.78, 5) is 17.9. The zero-order valence-corrected chi connectivity index (χ0v) is 12.3. The van der Waals surface area contributed by atoms with Crippen molar-refractivity contribution in [2.45, 2.75) is 19.0 Å². The van der Waals surface area contributed by atoms with Gasteiger partial charge in [-0.05, 0) is 25.0 Å². The van der Waals surface area contributed by atoms with E-state index < -0.39 is 18.0 Å². The number of hydrogen-bond acceptors (Lipinski definition) is 2. The van der Waals surface area contributed by atoms with Crippen LogP contribution in [0.3, 0.4) is 0 Å². The number of rotatable bonds is 2. The molecule has 0 bridgehead atoms. The van der Waals surface area contributed by atoms with Gasteiger partial charge in [0.25, 0.3) is 5.91 Å². The molecule has 122 valence electrons. The molecule has 1 aromatic carbocycles. The second-order valence-electron chi connectivity index (χ2n) is 5.62. The first-order chi connectivity index (χ1) is 11.0. The summed E-state index contributed by atoms with van der Waals surface area (Å²) in [6.45, 7) is 0.0493. The van der Waals surface area contributed by atoms with Gasteiger partial charge in [0, 0.05) is 18.8 Å². The van der Waals surface area contributed by atoms with Crippen LogP contribution in [-0.4, -0.2) is 39.6 Å². The molecule has 1 aliphatic heterocycles. The number of benzene rings is 1. The third-order valence-corrected chi connectivity index (χ3v) is 4.06. The van der Waals surface area contributed by atoms with Crippen molar-refractivity contribution in [2.24, 2.45) is 5.92 Å². The normalized spacial score (nSPS) is 18.9. The molecule has 1 fully saturated rings. The van der Waals surface area contributed by atoms with Gasteiger partial charge in [-0.2, -0.15) is 13.2 Å². The zero-order chi connectivity index (χ0) is 16.4. The molecule has 3 rings (SSSR count). The third-order valence-electron chi connectivity index (χ3n) is 4.06. The van der Waals surface area contributed by atoms with E-state index >= 15 is 0 Å². The number of aromatic nitrogens is 2. The minimum Gasteiger partial charge on any atom is -0.337 e. The highest BCUT2D eigenvalue weighted by molar-refractivity contribution is 5.93. The zero-order valence-electron chi connectivity index (χ0n) is 12.3. The lowest BCUT2D eigenvalue weighted by molar-refractivity contribution is -0.184. The lowest BCUT2D eigenvalue weighted by atomic mass is 9.97. The molecule has 0 saturated carbocycles. The highest BCUT2D eigenvalue weighted by Crippen LogP contribution is 2.33. The maximum absolute atomic E-state index is 12.9. The number of piperidine rings is 1. The number of imidazole rings is 1. The Labute approximate surface area is 131 Å². The molecule has 23 heavy (non-hydrogen) atoms. The molecule has 1 aromatic heterocycles. The fraction of sp³-hybridized carbons (Fsp3) is 0.375. The molecule has 1 aliphatic rings. The molecule has 0 N–H and O–H groups in total. The molecule has 2 heterocycles. The van der Waals surface area contributed by atoms with Gasteiger partial charge in [0.05, 0.1) is 18.4 Å². The standard InChI is InChI=1S/C16H16F3N3O/c17-16(18,19)12-5-4-8-21(10-12)15(23)14-9-20-11-22(14)13-6-2-1-3-7-13/h1-3,6-7,9,11-12H,4-5,8,10H2/t12-/m1/s1. The largest absolute Gasteiger partial charge is 0.393 e. The van der Waals surface area contributed by atoms with Crippen LogP contribution in [0.15, 0.2) is 42.9 Å². The molecule has 1 amide bonds. The number of alkyl halides is 3. The number of hydrogen-bond donors (Lipinski definition) is 0. The van der Waals surface area contributed by atoms with Crippen molar-refractivity contribution in [3.8, 4) is 5.69 Å². The predicted octanol–water partition coefficient (Wildman–Crippen LogP) is 3.29. The predicted molar refractivity (Wildman–Crippen MR) is 78.2 cm³/mol. The van der Waals surface area contributed by atoms with Crippen molar-refractivity contribution >= 4 is 5.91 Å². The molecule has 1 atom stereocenters. The molecular weight excluding hydrogens is 307 g/mol. The number of amides is 1. The van der Waals surface area contributed by atoms with Crippen LogP contribution in [0.4, 0.5) is 13.2 Å². The Morgan fingerprint density at radius 3 is 2.65 bits per heavy atom. The average Bonchev–Trinajstić information content (AvgIpc) is 3.04. The van der Waals surface area contributed by atoms with E-state index in [0.717, 1.165) is 5.69 Å². The summed E-state index contributed by atoms with van der Waals surface area (Å²) < 4.78 is 40.3. The van der Waals surface area contributed by atoms with Crippen molar-refractivity contribution in [3.05, 3.63) is 48.5 Å². The van der Waals surface area contributed by atoms with Crippen LogP contribution in [0.5, 0.6) is 0 Å². The maximum atomic E-state index is 12.9. The Bertz CT molecular complexity index is 681. The van der Waals surface area contributed by atoms with E-state index in [-0.39, 0.29) is 18.7 Å². The first-order valence-corrected chi connectivity index (χ1v) is 7.40. The molecule has 0 aliphatic carbocycles. The van der Waals surface area contributed by atoms with E-state index in [2.05, 4.69) is 4.98 Å². The van der Waals surface area contributed by atoms with E-state index in [4.69, 9.17) is 0 Å². The van der Waals surface area contributed by atoms with Gasteiger partial charge in [0.15, 0.2) is 0 Å². The van der Waals surface area contributed by atoms with Crippen molar-refractivity contribution in [2.75, 3.05) is 13.1 Å². The first kappa shape index (κ1) is 15.6. The Hall–Kier alpha value is -2.31. The lowest BCUT2D eigenvalue weighted by Crippen LogP contribution is -2.45. The Kier molecular flexibility index (Phi) is 4.11. The number of likely N-dealkylation sites (tertiary alicyclic amines) is 1. The van der Waals surface area contributed by atoms with Crippen molar-refractivity contribution in [1.29, 1.82) is 0 Å². The van der Waals surface area contributed by atoms with E-state index in [9.17, 15) is 18.0 Å². The highest BCUT2D eigenvalue weighted by Gasteiger charge is 2.43. The number of carbonyl (C=O) groups is 1. The molecule has 0 unspecified atom stereocenters. The van der Waals surface area contributed by atoms with E-state index in [1.165, 1.54) is 17.4 Å². The number of para-hydroxylation sites is 1. The van der Waals surface area contributed by atoms with Gasteiger partial charge in [-0.3, -0.25) is 9.36 Å². The van der Waals surface area contributed by atoms with E-state index in [0.29, 0.717) is 13.0 Å². The van der Waals surface area contributed by atoms with Gasteiger partial charge in [-0.15, -0.1) is 0 Å². The summed E-state index contributed by atoms with van der Waals surface area (Å²) in [5, 5.41) is 0. The van der Waals surface area contributed by atoms with Crippen LogP contribution < -0.4 is 0 Å². The number of halogens is 3. The average molecular weight is 323 g/mol. The van der Waals surface area contributed by atoms with E-state index in [1.807, 2.05) is 30.3 Å². The fourth-order valence-electron chi connectivity index (χ4n) is 2.84. The number of carbonyl (C=O) groups excluding carboxylic acids is 1.